The van der Waals surface area contributed by atoms with Gasteiger partial charge in [-0.25, -0.2) is 9.44 Å². The van der Waals surface area contributed by atoms with E-state index >= 15 is 0 Å². The van der Waals surface area contributed by atoms with E-state index in [0.717, 1.165) is 0 Å². The Balaban J connectivity index is 2.48. The van der Waals surface area contributed by atoms with Crippen LogP contribution in [0.15, 0.2) is 0 Å². The molecule has 1 saturated carbocycles. The smallest absolute Gasteiger partial charge is 0.310 e. The summed E-state index contributed by atoms with van der Waals surface area (Å²) in [5, 5.41) is 8.72. The summed E-state index contributed by atoms with van der Waals surface area (Å²) >= 11 is 0. The molecule has 1 rings (SSSR count). The van der Waals surface area contributed by atoms with Crippen molar-refractivity contribution < 1.29 is 18.3 Å². The van der Waals surface area contributed by atoms with Crippen LogP contribution in [0.4, 0.5) is 0 Å². The molecule has 76 valence electrons. The van der Waals surface area contributed by atoms with Crippen molar-refractivity contribution in [2.75, 3.05) is 13.6 Å². The molecule has 0 aromatic rings. The van der Waals surface area contributed by atoms with E-state index in [0.29, 0.717) is 12.8 Å². The largest absolute Gasteiger partial charge is 0.481 e. The quantitative estimate of drug-likeness (QED) is 0.534. The van der Waals surface area contributed by atoms with Crippen LogP contribution in [-0.2, 0) is 15.0 Å². The van der Waals surface area contributed by atoms with Crippen molar-refractivity contribution in [3.63, 3.8) is 0 Å². The molecule has 0 spiro atoms. The van der Waals surface area contributed by atoms with Crippen LogP contribution in [0.1, 0.15) is 12.8 Å². The second-order valence-electron chi connectivity index (χ2n) is 3.11. The van der Waals surface area contributed by atoms with Gasteiger partial charge in [0.2, 0.25) is 0 Å². The molecule has 0 unspecified atom stereocenters. The number of carbonyl (C=O) groups is 1. The van der Waals surface area contributed by atoms with Gasteiger partial charge in [0, 0.05) is 13.6 Å². The highest BCUT2D eigenvalue weighted by atomic mass is 32.2. The van der Waals surface area contributed by atoms with Gasteiger partial charge in [-0.15, -0.1) is 0 Å². The first kappa shape index (κ1) is 10.4. The molecule has 0 atom stereocenters. The lowest BCUT2D eigenvalue weighted by atomic mass is 10.1. The second kappa shape index (κ2) is 3.24. The summed E-state index contributed by atoms with van der Waals surface area (Å²) in [6.45, 7) is -0.0362. The van der Waals surface area contributed by atoms with Gasteiger partial charge in [-0.05, 0) is 12.8 Å². The normalized spacial score (nSPS) is 19.8. The minimum absolute atomic E-state index is 0.0362. The minimum atomic E-state index is -3.51. The molecular formula is C6H12N2O4S. The number of nitrogens with one attached hydrogen (secondary N) is 2. The van der Waals surface area contributed by atoms with Crippen molar-refractivity contribution in [2.45, 2.75) is 12.8 Å². The highest BCUT2D eigenvalue weighted by Gasteiger charge is 2.50. The predicted octanol–water partition coefficient (Wildman–Crippen LogP) is -1.09. The molecule has 0 aromatic carbocycles. The van der Waals surface area contributed by atoms with Crippen molar-refractivity contribution in [1.82, 2.24) is 9.44 Å². The van der Waals surface area contributed by atoms with Gasteiger partial charge in [-0.3, -0.25) is 4.79 Å². The van der Waals surface area contributed by atoms with Crippen LogP contribution in [0.2, 0.25) is 0 Å². The van der Waals surface area contributed by atoms with Crippen molar-refractivity contribution in [3.8, 4) is 0 Å². The third-order valence-electron chi connectivity index (χ3n) is 2.18. The Bertz CT molecular complexity index is 307. The predicted molar refractivity (Wildman–Crippen MR) is 45.3 cm³/mol. The first-order chi connectivity index (χ1) is 5.92. The molecule has 1 aliphatic rings. The Morgan fingerprint density at radius 3 is 2.38 bits per heavy atom. The summed E-state index contributed by atoms with van der Waals surface area (Å²) < 4.78 is 26.0. The highest BCUT2D eigenvalue weighted by molar-refractivity contribution is 7.87. The van der Waals surface area contributed by atoms with Gasteiger partial charge in [0.1, 0.15) is 0 Å². The van der Waals surface area contributed by atoms with Gasteiger partial charge >= 0.3 is 5.97 Å². The van der Waals surface area contributed by atoms with Gasteiger partial charge in [-0.2, -0.15) is 8.42 Å². The number of hydrogen-bond donors (Lipinski definition) is 3. The first-order valence-electron chi connectivity index (χ1n) is 3.83. The molecule has 0 aliphatic heterocycles. The summed E-state index contributed by atoms with van der Waals surface area (Å²) in [5.74, 6) is -0.939. The number of hydrogen-bond acceptors (Lipinski definition) is 3. The van der Waals surface area contributed by atoms with E-state index in [1.807, 2.05) is 4.72 Å². The number of carboxylic acid groups (broad SMARTS) is 1. The van der Waals surface area contributed by atoms with Crippen LogP contribution in [0.5, 0.6) is 0 Å². The molecule has 1 aliphatic carbocycles. The van der Waals surface area contributed by atoms with Crippen molar-refractivity contribution in [1.29, 1.82) is 0 Å². The maximum absolute atomic E-state index is 10.9. The Kier molecular flexibility index (Phi) is 2.60. The van der Waals surface area contributed by atoms with Gasteiger partial charge < -0.3 is 5.11 Å². The Hall–Kier alpha value is -0.660. The molecule has 0 saturated heterocycles. The first-order valence-corrected chi connectivity index (χ1v) is 5.32. The zero-order valence-electron chi connectivity index (χ0n) is 7.20. The summed E-state index contributed by atoms with van der Waals surface area (Å²) in [5.41, 5.74) is -0.857. The third kappa shape index (κ3) is 2.39. The van der Waals surface area contributed by atoms with E-state index in [2.05, 4.69) is 4.72 Å². The maximum atomic E-state index is 10.9. The maximum Gasteiger partial charge on any atom is 0.310 e. The number of aliphatic carboxylic acids is 1. The number of carboxylic acids is 1. The monoisotopic (exact) mass is 208 g/mol. The van der Waals surface area contributed by atoms with Gasteiger partial charge in [0.15, 0.2) is 0 Å². The molecule has 6 nitrogen and oxygen atoms in total. The van der Waals surface area contributed by atoms with Crippen LogP contribution in [0.25, 0.3) is 0 Å². The van der Waals surface area contributed by atoms with Gasteiger partial charge in [0.05, 0.1) is 5.41 Å². The fourth-order valence-corrected chi connectivity index (χ4v) is 1.53. The zero-order valence-corrected chi connectivity index (χ0v) is 8.02. The molecule has 0 bridgehead atoms. The van der Waals surface area contributed by atoms with E-state index in [1.54, 1.807) is 0 Å². The lowest BCUT2D eigenvalue weighted by Gasteiger charge is -2.10. The lowest BCUT2D eigenvalue weighted by Crippen LogP contribution is -2.39. The van der Waals surface area contributed by atoms with Crippen LogP contribution >= 0.6 is 0 Å². The van der Waals surface area contributed by atoms with Crippen LogP contribution in [0, 0.1) is 5.41 Å². The van der Waals surface area contributed by atoms with E-state index in [1.165, 1.54) is 7.05 Å². The molecule has 3 N–H and O–H groups in total. The van der Waals surface area contributed by atoms with Crippen molar-refractivity contribution in [3.05, 3.63) is 0 Å². The van der Waals surface area contributed by atoms with Gasteiger partial charge in [0.25, 0.3) is 10.2 Å². The lowest BCUT2D eigenvalue weighted by molar-refractivity contribution is -0.143. The molecule has 0 heterocycles. The Morgan fingerprint density at radius 1 is 1.54 bits per heavy atom. The zero-order chi connectivity index (χ0) is 10.1. The standard InChI is InChI=1S/C6H12N2O4S/c1-7-13(11,12)8-4-6(2-3-6)5(9)10/h7-8H,2-4H2,1H3,(H,9,10). The van der Waals surface area contributed by atoms with Crippen molar-refractivity contribution >= 4 is 16.2 Å². The van der Waals surface area contributed by atoms with Crippen LogP contribution in [0.3, 0.4) is 0 Å². The molecule has 0 aromatic heterocycles. The van der Waals surface area contributed by atoms with Crippen LogP contribution < -0.4 is 9.44 Å². The van der Waals surface area contributed by atoms with Gasteiger partial charge in [-0.1, -0.05) is 0 Å². The van der Waals surface area contributed by atoms with E-state index < -0.39 is 21.6 Å². The SMILES string of the molecule is CNS(=O)(=O)NCC1(C(=O)O)CC1. The summed E-state index contributed by atoms with van der Waals surface area (Å²) in [6, 6.07) is 0. The summed E-state index contributed by atoms with van der Waals surface area (Å²) in [7, 11) is -2.24. The fourth-order valence-electron chi connectivity index (χ4n) is 0.922. The van der Waals surface area contributed by atoms with E-state index in [4.69, 9.17) is 5.11 Å². The summed E-state index contributed by atoms with van der Waals surface area (Å²) in [4.78, 5) is 10.6. The molecule has 1 fully saturated rings. The Morgan fingerprint density at radius 2 is 2.08 bits per heavy atom. The third-order valence-corrected chi connectivity index (χ3v) is 3.24. The molecular weight excluding hydrogens is 196 g/mol. The van der Waals surface area contributed by atoms with E-state index in [9.17, 15) is 13.2 Å². The van der Waals surface area contributed by atoms with Crippen LogP contribution in [-0.4, -0.2) is 33.1 Å². The molecule has 7 heteroatoms. The summed E-state index contributed by atoms with van der Waals surface area (Å²) in [6.07, 6.45) is 1.07. The fraction of sp³-hybridized carbons (Fsp3) is 0.833. The van der Waals surface area contributed by atoms with Crippen molar-refractivity contribution in [2.24, 2.45) is 5.41 Å². The average Bonchev–Trinajstić information content (AvgIpc) is 2.82. The highest BCUT2D eigenvalue weighted by Crippen LogP contribution is 2.45. The molecule has 13 heavy (non-hydrogen) atoms. The topological polar surface area (TPSA) is 95.5 Å². The second-order valence-corrected chi connectivity index (χ2v) is 4.82. The number of rotatable bonds is 5. The minimum Gasteiger partial charge on any atom is -0.481 e. The Labute approximate surface area is 76.5 Å². The molecule has 0 amide bonds. The van der Waals surface area contributed by atoms with E-state index in [-0.39, 0.29) is 6.54 Å². The molecule has 0 radical (unpaired) electrons. The average molecular weight is 208 g/mol.